The molecule has 0 saturated heterocycles. The average Bonchev–Trinajstić information content (AvgIpc) is 3.62. The van der Waals surface area contributed by atoms with E-state index in [4.69, 9.17) is 15.0 Å². The number of hydrogen-bond donors (Lipinski definition) is 0. The lowest BCUT2D eigenvalue weighted by Crippen LogP contribution is -2.42. The van der Waals surface area contributed by atoms with Crippen molar-refractivity contribution in [3.63, 3.8) is 0 Å². The van der Waals surface area contributed by atoms with Crippen molar-refractivity contribution in [2.24, 2.45) is 0 Å². The van der Waals surface area contributed by atoms with Gasteiger partial charge in [0.15, 0.2) is 17.5 Å². The molecule has 1 atom stereocenters. The number of nitrogens with zero attached hydrogens (tertiary/aromatic N) is 4. The highest BCUT2D eigenvalue weighted by Gasteiger charge is 2.46. The van der Waals surface area contributed by atoms with Gasteiger partial charge >= 0.3 is 0 Å². The van der Waals surface area contributed by atoms with Crippen LogP contribution < -0.4 is 10.4 Å². The summed E-state index contributed by atoms with van der Waals surface area (Å²) in [4.78, 5) is 15.9. The van der Waals surface area contributed by atoms with Crippen molar-refractivity contribution >= 4 is 50.3 Å². The van der Waals surface area contributed by atoms with Gasteiger partial charge in [-0.25, -0.2) is 15.0 Å². The fraction of sp³-hybridized carbons (Fsp3) is 0.190. The van der Waals surface area contributed by atoms with Crippen molar-refractivity contribution in [1.82, 2.24) is 19.5 Å². The van der Waals surface area contributed by atoms with Gasteiger partial charge in [0.1, 0.15) is 0 Å². The van der Waals surface area contributed by atoms with Crippen molar-refractivity contribution in [3.05, 3.63) is 172 Å². The second kappa shape index (κ2) is 13.0. The number of fused-ring (bicyclic) bond motifs is 8. The summed E-state index contributed by atoms with van der Waals surface area (Å²) < 4.78 is 2.64. The van der Waals surface area contributed by atoms with Crippen molar-refractivity contribution in [2.45, 2.75) is 70.1 Å². The minimum Gasteiger partial charge on any atom is -0.308 e. The quantitative estimate of drug-likeness (QED) is 0.178. The van der Waals surface area contributed by atoms with Gasteiger partial charge in [-0.2, -0.15) is 0 Å². The average molecular weight is 799 g/mol. The van der Waals surface area contributed by atoms with Crippen LogP contribution in [0.5, 0.6) is 0 Å². The van der Waals surface area contributed by atoms with Crippen molar-refractivity contribution in [1.29, 1.82) is 0 Å². The van der Waals surface area contributed by atoms with Crippen LogP contribution in [0.3, 0.4) is 0 Å². The Morgan fingerprint density at radius 3 is 2.19 bits per heavy atom. The van der Waals surface area contributed by atoms with Gasteiger partial charge in [0.05, 0.1) is 16.7 Å². The van der Waals surface area contributed by atoms with Gasteiger partial charge in [-0.3, -0.25) is 0 Å². The van der Waals surface area contributed by atoms with Crippen LogP contribution in [0, 0.1) is 0 Å². The largest absolute Gasteiger partial charge is 0.308 e. The summed E-state index contributed by atoms with van der Waals surface area (Å²) in [6.07, 6.45) is 13.5. The molecule has 13 rings (SSSR count). The van der Waals surface area contributed by atoms with E-state index in [0.717, 1.165) is 55.2 Å². The van der Waals surface area contributed by atoms with E-state index in [1.54, 1.807) is 5.57 Å². The summed E-state index contributed by atoms with van der Waals surface area (Å²) in [5, 5.41) is 7.92. The van der Waals surface area contributed by atoms with Crippen molar-refractivity contribution in [2.75, 3.05) is 0 Å². The Morgan fingerprint density at radius 1 is 0.597 bits per heavy atom. The lowest BCUT2D eigenvalue weighted by Gasteiger charge is -2.45. The van der Waals surface area contributed by atoms with E-state index in [-0.39, 0.29) is 10.8 Å². The number of benzene rings is 7. The maximum absolute atomic E-state index is 5.37. The maximum Gasteiger partial charge on any atom is 0.164 e. The van der Waals surface area contributed by atoms with Crippen LogP contribution in [0.4, 0.5) is 0 Å². The van der Waals surface area contributed by atoms with Crippen molar-refractivity contribution in [3.8, 4) is 51.0 Å². The van der Waals surface area contributed by atoms with Crippen molar-refractivity contribution < 1.29 is 0 Å². The molecule has 0 spiro atoms. The van der Waals surface area contributed by atoms with Crippen LogP contribution in [-0.2, 0) is 17.3 Å². The predicted molar refractivity (Wildman–Crippen MR) is 257 cm³/mol. The minimum absolute atomic E-state index is 0.0728. The fourth-order valence-electron chi connectivity index (χ4n) is 11.8. The van der Waals surface area contributed by atoms with Crippen LogP contribution in [0.2, 0.25) is 0 Å². The van der Waals surface area contributed by atoms with Crippen LogP contribution >= 0.6 is 0 Å². The first-order valence-electron chi connectivity index (χ1n) is 22.4. The van der Waals surface area contributed by atoms with Crippen LogP contribution in [-0.4, -0.2) is 19.5 Å². The third kappa shape index (κ3) is 5.10. The second-order valence-corrected chi connectivity index (χ2v) is 18.9. The molecule has 298 valence electrons. The highest BCUT2D eigenvalue weighted by atomic mass is 15.0. The van der Waals surface area contributed by atoms with Crippen LogP contribution in [0.15, 0.2) is 140 Å². The third-order valence-corrected chi connectivity index (χ3v) is 14.9. The van der Waals surface area contributed by atoms with Gasteiger partial charge in [-0.05, 0) is 117 Å². The third-order valence-electron chi connectivity index (χ3n) is 14.9. The summed E-state index contributed by atoms with van der Waals surface area (Å²) in [7, 11) is 0. The Labute approximate surface area is 361 Å². The summed E-state index contributed by atoms with van der Waals surface area (Å²) in [5.41, 5.74) is 16.6. The summed E-state index contributed by atoms with van der Waals surface area (Å²) in [6.45, 7) is 7.47. The van der Waals surface area contributed by atoms with E-state index >= 15 is 0 Å². The first kappa shape index (κ1) is 35.8. The zero-order valence-electron chi connectivity index (χ0n) is 35.5. The second-order valence-electron chi connectivity index (χ2n) is 18.9. The first-order chi connectivity index (χ1) is 30.3. The molecule has 4 nitrogen and oxygen atoms in total. The zero-order chi connectivity index (χ0) is 41.3. The Balaban J connectivity index is 1.07. The maximum atomic E-state index is 5.37. The molecule has 2 aromatic heterocycles. The SMILES string of the molecule is CC1(C)CCC2(C)C3=c4c(cc(-c5nc(-c6ccccc6)nc(-c6ccc(-c7cccc8c7CCC=C8)cc6)n5)cc4=CCC3)-n3c4ccc5ccccc5c4c4ccc1c2c43. The molecule has 62 heavy (non-hydrogen) atoms. The number of rotatable bonds is 4. The molecule has 3 heterocycles. The number of allylic oxidation sites excluding steroid dienone is 1. The van der Waals surface area contributed by atoms with E-state index in [1.165, 1.54) is 82.1 Å². The van der Waals surface area contributed by atoms with E-state index in [0.29, 0.717) is 17.5 Å². The molecule has 9 aromatic rings. The fourth-order valence-corrected chi connectivity index (χ4v) is 11.8. The molecule has 0 amide bonds. The van der Waals surface area contributed by atoms with E-state index in [1.807, 2.05) is 6.07 Å². The van der Waals surface area contributed by atoms with Gasteiger partial charge in [0.2, 0.25) is 0 Å². The molecule has 0 bridgehead atoms. The monoisotopic (exact) mass is 798 g/mol. The summed E-state index contributed by atoms with van der Waals surface area (Å²) in [5.74, 6) is 2.04. The highest BCUT2D eigenvalue weighted by molar-refractivity contribution is 6.22. The Kier molecular flexibility index (Phi) is 7.54. The van der Waals surface area contributed by atoms with Crippen LogP contribution in [0.1, 0.15) is 75.1 Å². The number of aromatic nitrogens is 4. The molecule has 1 unspecified atom stereocenters. The Morgan fingerprint density at radius 2 is 1.35 bits per heavy atom. The molecule has 3 aliphatic carbocycles. The smallest absolute Gasteiger partial charge is 0.164 e. The number of hydrogen-bond acceptors (Lipinski definition) is 3. The van der Waals surface area contributed by atoms with Gasteiger partial charge in [0, 0.05) is 38.1 Å². The topological polar surface area (TPSA) is 43.6 Å². The molecule has 4 aliphatic rings. The molecule has 0 radical (unpaired) electrons. The van der Waals surface area contributed by atoms with Gasteiger partial charge < -0.3 is 4.57 Å². The van der Waals surface area contributed by atoms with E-state index in [9.17, 15) is 0 Å². The standard InChI is InChI=1S/C58H46N4/c1-57(2)31-32-58(3)46-22-12-18-40-33-41(34-49(50(40)46)62-48-30-27-36-14-8-10-20-44(36)51(48)45-28-29-47(57)52(58)53(45)62)56-60-54(38-15-5-4-6-16-38)59-55(61-56)39-25-23-37(24-26-39)43-21-11-17-35-13-7-9-19-42(35)43/h4-8,10-11,13-18,20-21,23-30,33-34H,9,12,19,22,31-32H2,1-3H3. The lowest BCUT2D eigenvalue weighted by molar-refractivity contribution is 0.361. The molecule has 4 heteroatoms. The van der Waals surface area contributed by atoms with Gasteiger partial charge in [-0.1, -0.05) is 154 Å². The van der Waals surface area contributed by atoms with Gasteiger partial charge in [-0.15, -0.1) is 0 Å². The predicted octanol–water partition coefficient (Wildman–Crippen LogP) is 12.8. The summed E-state index contributed by atoms with van der Waals surface area (Å²) in [6, 6.07) is 49.1. The molecule has 7 aromatic carbocycles. The normalized spacial score (nSPS) is 18.1. The Hall–Kier alpha value is -6.91. The molecule has 0 saturated carbocycles. The van der Waals surface area contributed by atoms with E-state index < -0.39 is 0 Å². The highest BCUT2D eigenvalue weighted by Crippen LogP contribution is 2.56. The Bertz CT molecular complexity index is 3550. The van der Waals surface area contributed by atoms with Gasteiger partial charge in [0.25, 0.3) is 0 Å². The molecular formula is C58H46N4. The molecule has 0 fully saturated rings. The summed E-state index contributed by atoms with van der Waals surface area (Å²) >= 11 is 0. The lowest BCUT2D eigenvalue weighted by atomic mass is 9.58. The van der Waals surface area contributed by atoms with E-state index in [2.05, 4.69) is 171 Å². The minimum atomic E-state index is -0.0925. The molecule has 0 N–H and O–H groups in total. The molecular weight excluding hydrogens is 753 g/mol. The first-order valence-corrected chi connectivity index (χ1v) is 22.4. The molecule has 1 aliphatic heterocycles. The zero-order valence-corrected chi connectivity index (χ0v) is 35.5. The van der Waals surface area contributed by atoms with Crippen LogP contribution in [0.25, 0.3) is 101 Å².